The number of carbonyl (C=O) groups excluding carboxylic acids is 1. The molecule has 1 aromatic carbocycles. The molecular weight excluding hydrogens is 302 g/mol. The van der Waals surface area contributed by atoms with Crippen LogP contribution in [0.15, 0.2) is 41.8 Å². The van der Waals surface area contributed by atoms with Crippen LogP contribution in [0.2, 0.25) is 0 Å². The number of urea groups is 1. The van der Waals surface area contributed by atoms with Gasteiger partial charge < -0.3 is 10.6 Å². The summed E-state index contributed by atoms with van der Waals surface area (Å²) in [4.78, 5) is 11.7. The Morgan fingerprint density at radius 3 is 2.27 bits per heavy atom. The number of amides is 2. The fourth-order valence-corrected chi connectivity index (χ4v) is 3.36. The van der Waals surface area contributed by atoms with E-state index in [4.69, 9.17) is 0 Å². The van der Waals surface area contributed by atoms with Crippen LogP contribution in [-0.4, -0.2) is 38.4 Å². The first-order valence-electron chi connectivity index (χ1n) is 7.17. The minimum Gasteiger partial charge on any atom is -0.335 e. The predicted octanol–water partition coefficient (Wildman–Crippen LogP) is 1.70. The van der Waals surface area contributed by atoms with Gasteiger partial charge in [-0.05, 0) is 17.7 Å². The van der Waals surface area contributed by atoms with Crippen LogP contribution < -0.4 is 10.6 Å². The van der Waals surface area contributed by atoms with E-state index in [-0.39, 0.29) is 10.9 Å². The third kappa shape index (κ3) is 4.85. The molecule has 0 aliphatic rings. The second kappa shape index (κ2) is 8.55. The summed E-state index contributed by atoms with van der Waals surface area (Å²) in [5, 5.41) is 5.28. The Kier molecular flexibility index (Phi) is 7.07. The van der Waals surface area contributed by atoms with Gasteiger partial charge in [-0.15, -0.1) is 6.58 Å². The van der Waals surface area contributed by atoms with Gasteiger partial charge in [-0.25, -0.2) is 13.2 Å². The van der Waals surface area contributed by atoms with Crippen LogP contribution in [0.5, 0.6) is 0 Å². The number of nitrogens with one attached hydrogen (secondary N) is 2. The van der Waals surface area contributed by atoms with Crippen LogP contribution in [0, 0.1) is 0 Å². The molecule has 0 atom stereocenters. The third-order valence-electron chi connectivity index (χ3n) is 3.13. The lowest BCUT2D eigenvalue weighted by molar-refractivity contribution is 0.241. The maximum Gasteiger partial charge on any atom is 0.315 e. The molecule has 0 spiro atoms. The van der Waals surface area contributed by atoms with Gasteiger partial charge in [0, 0.05) is 26.2 Å². The summed E-state index contributed by atoms with van der Waals surface area (Å²) in [7, 11) is -3.44. The summed E-state index contributed by atoms with van der Waals surface area (Å²) in [6.45, 7) is 8.72. The Hall–Kier alpha value is -1.86. The van der Waals surface area contributed by atoms with Crippen molar-refractivity contribution in [2.75, 3.05) is 19.6 Å². The third-order valence-corrected chi connectivity index (χ3v) is 5.19. The molecular formula is C15H23N3O3S. The number of hydrogen-bond acceptors (Lipinski definition) is 3. The normalized spacial score (nSPS) is 11.2. The molecule has 6 nitrogen and oxygen atoms in total. The molecule has 2 N–H and O–H groups in total. The minimum atomic E-state index is -3.44. The number of carbonyl (C=O) groups is 1. The Labute approximate surface area is 132 Å². The first-order chi connectivity index (χ1) is 10.5. The van der Waals surface area contributed by atoms with Crippen molar-refractivity contribution in [3.8, 4) is 0 Å². The van der Waals surface area contributed by atoms with Gasteiger partial charge in [-0.1, -0.05) is 32.1 Å². The van der Waals surface area contributed by atoms with Gasteiger partial charge in [0.15, 0.2) is 0 Å². The van der Waals surface area contributed by atoms with Gasteiger partial charge in [0.25, 0.3) is 0 Å². The van der Waals surface area contributed by atoms with Gasteiger partial charge in [0.2, 0.25) is 10.0 Å². The average molecular weight is 325 g/mol. The highest BCUT2D eigenvalue weighted by Gasteiger charge is 2.21. The van der Waals surface area contributed by atoms with Crippen molar-refractivity contribution < 1.29 is 13.2 Å². The van der Waals surface area contributed by atoms with Crippen LogP contribution in [-0.2, 0) is 16.6 Å². The summed E-state index contributed by atoms with van der Waals surface area (Å²) in [5.74, 6) is 0. The van der Waals surface area contributed by atoms with E-state index in [2.05, 4.69) is 17.2 Å². The molecule has 0 aliphatic heterocycles. The lowest BCUT2D eigenvalue weighted by Crippen LogP contribution is -2.35. The van der Waals surface area contributed by atoms with Crippen LogP contribution in [0.25, 0.3) is 0 Å². The minimum absolute atomic E-state index is 0.260. The Morgan fingerprint density at radius 2 is 1.77 bits per heavy atom. The van der Waals surface area contributed by atoms with Gasteiger partial charge in [-0.2, -0.15) is 4.31 Å². The number of nitrogens with zero attached hydrogens (tertiary/aromatic N) is 1. The molecule has 0 fully saturated rings. The van der Waals surface area contributed by atoms with E-state index in [1.54, 1.807) is 44.2 Å². The molecule has 0 bridgehead atoms. The van der Waals surface area contributed by atoms with Crippen molar-refractivity contribution >= 4 is 16.1 Å². The number of rotatable bonds is 8. The molecule has 0 saturated carbocycles. The van der Waals surface area contributed by atoms with Crippen molar-refractivity contribution in [3.05, 3.63) is 42.5 Å². The van der Waals surface area contributed by atoms with Crippen molar-refractivity contribution in [1.82, 2.24) is 14.9 Å². The summed E-state index contributed by atoms with van der Waals surface area (Å²) < 4.78 is 26.1. The Morgan fingerprint density at radius 1 is 1.18 bits per heavy atom. The van der Waals surface area contributed by atoms with Gasteiger partial charge in [0.1, 0.15) is 0 Å². The molecule has 1 rings (SSSR count). The number of benzene rings is 1. The van der Waals surface area contributed by atoms with E-state index in [9.17, 15) is 13.2 Å². The molecule has 0 aliphatic carbocycles. The molecule has 22 heavy (non-hydrogen) atoms. The summed E-state index contributed by atoms with van der Waals surface area (Å²) in [6, 6.07) is 6.23. The van der Waals surface area contributed by atoms with E-state index < -0.39 is 10.0 Å². The maximum atomic E-state index is 12.3. The monoisotopic (exact) mass is 325 g/mol. The summed E-state index contributed by atoms with van der Waals surface area (Å²) in [6.07, 6.45) is 1.59. The molecule has 7 heteroatoms. The fraction of sp³-hybridized carbons (Fsp3) is 0.400. The zero-order valence-electron chi connectivity index (χ0n) is 13.0. The van der Waals surface area contributed by atoms with E-state index >= 15 is 0 Å². The van der Waals surface area contributed by atoms with E-state index in [1.807, 2.05) is 0 Å². The lowest BCUT2D eigenvalue weighted by atomic mass is 10.2. The first kappa shape index (κ1) is 18.2. The zero-order valence-corrected chi connectivity index (χ0v) is 13.8. The van der Waals surface area contributed by atoms with E-state index in [1.165, 1.54) is 4.31 Å². The van der Waals surface area contributed by atoms with Gasteiger partial charge in [0.05, 0.1) is 4.90 Å². The van der Waals surface area contributed by atoms with Crippen LogP contribution in [0.4, 0.5) is 4.79 Å². The molecule has 122 valence electrons. The van der Waals surface area contributed by atoms with Crippen molar-refractivity contribution in [2.24, 2.45) is 0 Å². The number of hydrogen-bond donors (Lipinski definition) is 2. The Bertz CT molecular complexity index is 593. The topological polar surface area (TPSA) is 78.5 Å². The van der Waals surface area contributed by atoms with Crippen LogP contribution >= 0.6 is 0 Å². The van der Waals surface area contributed by atoms with Crippen molar-refractivity contribution in [3.63, 3.8) is 0 Å². The quantitative estimate of drug-likeness (QED) is 0.714. The highest BCUT2D eigenvalue weighted by molar-refractivity contribution is 7.89. The first-order valence-corrected chi connectivity index (χ1v) is 8.61. The molecule has 0 unspecified atom stereocenters. The Balaban J connectivity index is 2.71. The van der Waals surface area contributed by atoms with Crippen LogP contribution in [0.3, 0.4) is 0 Å². The van der Waals surface area contributed by atoms with Crippen LogP contribution in [0.1, 0.15) is 19.4 Å². The average Bonchev–Trinajstić information content (AvgIpc) is 2.52. The molecule has 2 amide bonds. The molecule has 1 aromatic rings. The van der Waals surface area contributed by atoms with Gasteiger partial charge >= 0.3 is 6.03 Å². The zero-order chi connectivity index (χ0) is 16.6. The SMILES string of the molecule is C=CCNC(=O)NCc1ccc(S(=O)(=O)N(CC)CC)cc1. The lowest BCUT2D eigenvalue weighted by Gasteiger charge is -2.18. The van der Waals surface area contributed by atoms with Crippen molar-refractivity contribution in [1.29, 1.82) is 0 Å². The molecule has 0 heterocycles. The molecule has 0 aromatic heterocycles. The standard InChI is InChI=1S/C15H23N3O3S/c1-4-11-16-15(19)17-12-13-7-9-14(10-8-13)22(20,21)18(5-2)6-3/h4,7-10H,1,5-6,11-12H2,2-3H3,(H2,16,17,19). The predicted molar refractivity (Wildman–Crippen MR) is 87.0 cm³/mol. The second-order valence-electron chi connectivity index (χ2n) is 4.59. The molecule has 0 saturated heterocycles. The summed E-state index contributed by atoms with van der Waals surface area (Å²) in [5.41, 5.74) is 0.826. The van der Waals surface area contributed by atoms with Crippen molar-refractivity contribution in [2.45, 2.75) is 25.3 Å². The van der Waals surface area contributed by atoms with E-state index in [0.717, 1.165) is 5.56 Å². The van der Waals surface area contributed by atoms with E-state index in [0.29, 0.717) is 26.2 Å². The fourth-order valence-electron chi connectivity index (χ4n) is 1.90. The largest absolute Gasteiger partial charge is 0.335 e. The highest BCUT2D eigenvalue weighted by atomic mass is 32.2. The number of sulfonamides is 1. The van der Waals surface area contributed by atoms with Gasteiger partial charge in [-0.3, -0.25) is 0 Å². The smallest absolute Gasteiger partial charge is 0.315 e. The second-order valence-corrected chi connectivity index (χ2v) is 6.52. The summed E-state index contributed by atoms with van der Waals surface area (Å²) >= 11 is 0. The maximum absolute atomic E-state index is 12.3. The molecule has 0 radical (unpaired) electrons. The highest BCUT2D eigenvalue weighted by Crippen LogP contribution is 2.16.